The third-order valence-electron chi connectivity index (χ3n) is 2.73. The Balaban J connectivity index is 2.16. The lowest BCUT2D eigenvalue weighted by Gasteiger charge is -2.13. The maximum Gasteiger partial charge on any atom is 0.418 e. The minimum absolute atomic E-state index is 0.0393. The van der Waals surface area contributed by atoms with Gasteiger partial charge in [0.1, 0.15) is 5.76 Å². The number of para-hydroxylation sites is 1. The van der Waals surface area contributed by atoms with Crippen molar-refractivity contribution < 1.29 is 22.4 Å². The van der Waals surface area contributed by atoms with Crippen LogP contribution in [0.1, 0.15) is 27.6 Å². The molecule has 0 fully saturated rings. The van der Waals surface area contributed by atoms with E-state index in [1.54, 1.807) is 6.92 Å². The van der Waals surface area contributed by atoms with Gasteiger partial charge in [0.25, 0.3) is 5.91 Å². The zero-order chi connectivity index (χ0) is 15.6. The van der Waals surface area contributed by atoms with Crippen LogP contribution in [0.25, 0.3) is 0 Å². The number of aryl methyl sites for hydroxylation is 1. The van der Waals surface area contributed by atoms with Crippen LogP contribution in [0.4, 0.5) is 18.9 Å². The molecule has 0 bridgehead atoms. The molecular weight excluding hydrogens is 287 g/mol. The Morgan fingerprint density at radius 2 is 2.14 bits per heavy atom. The summed E-state index contributed by atoms with van der Waals surface area (Å²) in [5.41, 5.74) is 3.54. The molecule has 8 heteroatoms. The van der Waals surface area contributed by atoms with Gasteiger partial charge in [-0.3, -0.25) is 4.79 Å². The third kappa shape index (κ3) is 3.33. The molecule has 0 saturated carbocycles. The maximum absolute atomic E-state index is 12.7. The molecule has 0 unspecified atom stereocenters. The number of anilines is 1. The second kappa shape index (κ2) is 5.47. The number of halogens is 3. The largest absolute Gasteiger partial charge is 0.444 e. The number of alkyl halides is 3. The molecule has 112 valence electrons. The monoisotopic (exact) mass is 299 g/mol. The van der Waals surface area contributed by atoms with Crippen LogP contribution in [0.15, 0.2) is 28.8 Å². The second-order valence-electron chi connectivity index (χ2n) is 4.31. The first kappa shape index (κ1) is 14.9. The predicted octanol–water partition coefficient (Wildman–Crippen LogP) is 2.51. The number of rotatable bonds is 3. The van der Waals surface area contributed by atoms with Crippen molar-refractivity contribution in [2.75, 3.05) is 5.73 Å². The minimum Gasteiger partial charge on any atom is -0.444 e. The number of nitrogen functional groups attached to an aromatic ring is 1. The zero-order valence-electron chi connectivity index (χ0n) is 11.0. The standard InChI is InChI=1S/C13H12F3N3O2/c1-7-5-18-10(21-7)6-19-12(20)8-3-2-4-9(11(8)17)13(14,15)16/h2-5H,6,17H2,1H3,(H,19,20). The van der Waals surface area contributed by atoms with E-state index in [-0.39, 0.29) is 18.0 Å². The first-order chi connectivity index (χ1) is 9.79. The summed E-state index contributed by atoms with van der Waals surface area (Å²) in [5, 5.41) is 2.41. The molecule has 0 aliphatic heterocycles. The van der Waals surface area contributed by atoms with Gasteiger partial charge in [-0.25, -0.2) is 4.98 Å². The van der Waals surface area contributed by atoms with Crippen LogP contribution in [0.5, 0.6) is 0 Å². The van der Waals surface area contributed by atoms with Crippen molar-refractivity contribution >= 4 is 11.6 Å². The summed E-state index contributed by atoms with van der Waals surface area (Å²) in [5.74, 6) is 0.0960. The summed E-state index contributed by atoms with van der Waals surface area (Å²) in [6.45, 7) is 1.64. The minimum atomic E-state index is -4.61. The molecule has 21 heavy (non-hydrogen) atoms. The number of aromatic nitrogens is 1. The van der Waals surface area contributed by atoms with Gasteiger partial charge in [-0.1, -0.05) is 6.07 Å². The first-order valence-corrected chi connectivity index (χ1v) is 5.94. The average Bonchev–Trinajstić information content (AvgIpc) is 2.80. The highest BCUT2D eigenvalue weighted by Gasteiger charge is 2.34. The molecule has 0 atom stereocenters. The predicted molar refractivity (Wildman–Crippen MR) is 68.3 cm³/mol. The topological polar surface area (TPSA) is 81.2 Å². The lowest BCUT2D eigenvalue weighted by molar-refractivity contribution is -0.136. The number of carbonyl (C=O) groups is 1. The fourth-order valence-electron chi connectivity index (χ4n) is 1.74. The number of carbonyl (C=O) groups excluding carboxylic acids is 1. The number of nitrogens with zero attached hydrogens (tertiary/aromatic N) is 1. The van der Waals surface area contributed by atoms with E-state index in [4.69, 9.17) is 10.2 Å². The molecule has 2 rings (SSSR count). The van der Waals surface area contributed by atoms with E-state index in [0.717, 1.165) is 12.1 Å². The summed E-state index contributed by atoms with van der Waals surface area (Å²) in [4.78, 5) is 15.8. The van der Waals surface area contributed by atoms with E-state index in [9.17, 15) is 18.0 Å². The van der Waals surface area contributed by atoms with Crippen molar-refractivity contribution in [3.63, 3.8) is 0 Å². The maximum atomic E-state index is 12.7. The Morgan fingerprint density at radius 3 is 2.71 bits per heavy atom. The van der Waals surface area contributed by atoms with Gasteiger partial charge < -0.3 is 15.5 Å². The van der Waals surface area contributed by atoms with Gasteiger partial charge in [0, 0.05) is 0 Å². The Labute approximate surface area is 118 Å². The zero-order valence-corrected chi connectivity index (χ0v) is 11.0. The van der Waals surface area contributed by atoms with Gasteiger partial charge in [0.05, 0.1) is 29.6 Å². The molecule has 2 aromatic rings. The molecule has 1 aromatic carbocycles. The van der Waals surface area contributed by atoms with Crippen molar-refractivity contribution in [2.24, 2.45) is 0 Å². The van der Waals surface area contributed by atoms with Crippen LogP contribution in [0.2, 0.25) is 0 Å². The molecule has 0 aliphatic carbocycles. The highest BCUT2D eigenvalue weighted by Crippen LogP contribution is 2.34. The highest BCUT2D eigenvalue weighted by atomic mass is 19.4. The van der Waals surface area contributed by atoms with Gasteiger partial charge in [-0.2, -0.15) is 13.2 Å². The van der Waals surface area contributed by atoms with Crippen molar-refractivity contribution in [2.45, 2.75) is 19.6 Å². The fourth-order valence-corrected chi connectivity index (χ4v) is 1.74. The van der Waals surface area contributed by atoms with Crippen molar-refractivity contribution in [1.29, 1.82) is 0 Å². The number of benzene rings is 1. The summed E-state index contributed by atoms with van der Waals surface area (Å²) in [6.07, 6.45) is -3.14. The van der Waals surface area contributed by atoms with Crippen molar-refractivity contribution in [3.05, 3.63) is 47.2 Å². The fraction of sp³-hybridized carbons (Fsp3) is 0.231. The molecule has 1 aromatic heterocycles. The lowest BCUT2D eigenvalue weighted by atomic mass is 10.1. The van der Waals surface area contributed by atoms with Crippen molar-refractivity contribution in [1.82, 2.24) is 10.3 Å². The molecule has 0 saturated heterocycles. The first-order valence-electron chi connectivity index (χ1n) is 5.94. The normalized spacial score (nSPS) is 11.4. The van der Waals surface area contributed by atoms with E-state index in [2.05, 4.69) is 10.3 Å². The van der Waals surface area contributed by atoms with Gasteiger partial charge in [0.2, 0.25) is 5.89 Å². The van der Waals surface area contributed by atoms with Crippen LogP contribution < -0.4 is 11.1 Å². The SMILES string of the molecule is Cc1cnc(CNC(=O)c2cccc(C(F)(F)F)c2N)o1. The molecule has 1 heterocycles. The molecule has 3 N–H and O–H groups in total. The van der Waals surface area contributed by atoms with Gasteiger partial charge in [-0.15, -0.1) is 0 Å². The lowest BCUT2D eigenvalue weighted by Crippen LogP contribution is -2.25. The Morgan fingerprint density at radius 1 is 1.43 bits per heavy atom. The molecule has 5 nitrogen and oxygen atoms in total. The number of oxazole rings is 1. The molecular formula is C13H12F3N3O2. The number of hydrogen-bond donors (Lipinski definition) is 2. The van der Waals surface area contributed by atoms with Gasteiger partial charge in [0.15, 0.2) is 0 Å². The van der Waals surface area contributed by atoms with E-state index in [1.165, 1.54) is 12.3 Å². The van der Waals surface area contributed by atoms with Gasteiger partial charge in [-0.05, 0) is 19.1 Å². The van der Waals surface area contributed by atoms with E-state index < -0.39 is 23.3 Å². The summed E-state index contributed by atoms with van der Waals surface area (Å²) in [6, 6.07) is 3.17. The van der Waals surface area contributed by atoms with Crippen LogP contribution in [0.3, 0.4) is 0 Å². The smallest absolute Gasteiger partial charge is 0.418 e. The number of hydrogen-bond acceptors (Lipinski definition) is 4. The second-order valence-corrected chi connectivity index (χ2v) is 4.31. The average molecular weight is 299 g/mol. The Hall–Kier alpha value is -2.51. The Bertz CT molecular complexity index is 665. The molecule has 0 spiro atoms. The summed E-state index contributed by atoms with van der Waals surface area (Å²) < 4.78 is 43.3. The third-order valence-corrected chi connectivity index (χ3v) is 2.73. The molecule has 0 radical (unpaired) electrons. The van der Waals surface area contributed by atoms with Crippen LogP contribution in [0, 0.1) is 6.92 Å². The number of nitrogens with one attached hydrogen (secondary N) is 1. The van der Waals surface area contributed by atoms with E-state index >= 15 is 0 Å². The Kier molecular flexibility index (Phi) is 3.88. The molecule has 0 aliphatic rings. The number of nitrogens with two attached hydrogens (primary N) is 1. The van der Waals surface area contributed by atoms with Crippen LogP contribution in [-0.2, 0) is 12.7 Å². The van der Waals surface area contributed by atoms with Crippen molar-refractivity contribution in [3.8, 4) is 0 Å². The summed E-state index contributed by atoms with van der Waals surface area (Å²) in [7, 11) is 0. The van der Waals surface area contributed by atoms with Crippen LogP contribution >= 0.6 is 0 Å². The number of amides is 1. The highest BCUT2D eigenvalue weighted by molar-refractivity contribution is 5.99. The van der Waals surface area contributed by atoms with Gasteiger partial charge >= 0.3 is 6.18 Å². The summed E-state index contributed by atoms with van der Waals surface area (Å²) >= 11 is 0. The van der Waals surface area contributed by atoms with E-state index in [1.807, 2.05) is 0 Å². The molecule has 1 amide bonds. The quantitative estimate of drug-likeness (QED) is 0.853. The van der Waals surface area contributed by atoms with E-state index in [0.29, 0.717) is 5.76 Å². The van der Waals surface area contributed by atoms with Crippen LogP contribution in [-0.4, -0.2) is 10.9 Å².